The summed E-state index contributed by atoms with van der Waals surface area (Å²) in [6.07, 6.45) is 3.74. The molecule has 0 atom stereocenters. The fourth-order valence-electron chi connectivity index (χ4n) is 2.94. The largest absolute Gasteiger partial charge is 0.381 e. The van der Waals surface area contributed by atoms with Gasteiger partial charge < -0.3 is 15.0 Å². The number of likely N-dealkylation sites (N-methyl/N-ethyl adjacent to an activating group) is 1. The number of hydrogen-bond donors (Lipinski definition) is 1. The smallest absolute Gasteiger partial charge is 0.251 e. The summed E-state index contributed by atoms with van der Waals surface area (Å²) >= 11 is 0. The third-order valence-electron chi connectivity index (χ3n) is 4.44. The van der Waals surface area contributed by atoms with Gasteiger partial charge in [0.1, 0.15) is 11.6 Å². The van der Waals surface area contributed by atoms with Gasteiger partial charge in [-0.2, -0.15) is 0 Å². The summed E-state index contributed by atoms with van der Waals surface area (Å²) in [6, 6.07) is 2.66. The molecular formula is C17H22F2N2O3. The number of rotatable bonds is 5. The predicted molar refractivity (Wildman–Crippen MR) is 84.5 cm³/mol. The molecule has 7 heteroatoms. The standard InChI is InChI=1S/C17H22F2N2O3/c1-21(14-3-5-15(24-2)6-4-14)16(22)10-20-17(23)11-7-12(18)9-13(19)8-11/h7-9,14-15H,3-6,10H2,1-2H3,(H,20,23). The lowest BCUT2D eigenvalue weighted by atomic mass is 9.92. The van der Waals surface area contributed by atoms with E-state index in [1.165, 1.54) is 0 Å². The summed E-state index contributed by atoms with van der Waals surface area (Å²) in [7, 11) is 3.39. The molecule has 1 aromatic rings. The highest BCUT2D eigenvalue weighted by Gasteiger charge is 2.26. The summed E-state index contributed by atoms with van der Waals surface area (Å²) < 4.78 is 31.5. The Morgan fingerprint density at radius 2 is 1.75 bits per heavy atom. The first-order valence-electron chi connectivity index (χ1n) is 7.93. The van der Waals surface area contributed by atoms with E-state index in [0.29, 0.717) is 6.07 Å². The van der Waals surface area contributed by atoms with E-state index in [0.717, 1.165) is 37.8 Å². The molecule has 0 aromatic heterocycles. The number of benzene rings is 1. The Balaban J connectivity index is 1.84. The van der Waals surface area contributed by atoms with Crippen molar-refractivity contribution in [1.82, 2.24) is 10.2 Å². The van der Waals surface area contributed by atoms with Gasteiger partial charge in [0.15, 0.2) is 0 Å². The molecule has 1 saturated carbocycles. The Labute approximate surface area is 140 Å². The van der Waals surface area contributed by atoms with Gasteiger partial charge in [-0.1, -0.05) is 0 Å². The van der Waals surface area contributed by atoms with Crippen molar-refractivity contribution < 1.29 is 23.1 Å². The zero-order valence-electron chi connectivity index (χ0n) is 13.9. The van der Waals surface area contributed by atoms with E-state index >= 15 is 0 Å². The van der Waals surface area contributed by atoms with Crippen LogP contribution in [0.4, 0.5) is 8.78 Å². The van der Waals surface area contributed by atoms with Crippen molar-refractivity contribution in [3.8, 4) is 0 Å². The van der Waals surface area contributed by atoms with Gasteiger partial charge in [-0.05, 0) is 37.8 Å². The number of nitrogens with one attached hydrogen (secondary N) is 1. The zero-order chi connectivity index (χ0) is 17.7. The number of amides is 2. The minimum atomic E-state index is -0.835. The summed E-state index contributed by atoms with van der Waals surface area (Å²) in [4.78, 5) is 25.7. The molecule has 0 saturated heterocycles. The number of carbonyl (C=O) groups is 2. The van der Waals surface area contributed by atoms with Crippen LogP contribution in [0.15, 0.2) is 18.2 Å². The molecule has 0 radical (unpaired) electrons. The number of halogens is 2. The van der Waals surface area contributed by atoms with Gasteiger partial charge in [-0.15, -0.1) is 0 Å². The molecule has 1 N–H and O–H groups in total. The van der Waals surface area contributed by atoms with Crippen LogP contribution in [0.5, 0.6) is 0 Å². The van der Waals surface area contributed by atoms with Crippen LogP contribution in [-0.2, 0) is 9.53 Å². The van der Waals surface area contributed by atoms with Crippen molar-refractivity contribution >= 4 is 11.8 Å². The van der Waals surface area contributed by atoms with Gasteiger partial charge in [0.05, 0.1) is 12.6 Å². The lowest BCUT2D eigenvalue weighted by Crippen LogP contribution is -2.45. The van der Waals surface area contributed by atoms with Crippen LogP contribution < -0.4 is 5.32 Å². The quantitative estimate of drug-likeness (QED) is 0.893. The molecule has 0 spiro atoms. The molecule has 1 aliphatic rings. The minimum Gasteiger partial charge on any atom is -0.381 e. The van der Waals surface area contributed by atoms with E-state index in [4.69, 9.17) is 4.74 Å². The lowest BCUT2D eigenvalue weighted by molar-refractivity contribution is -0.132. The molecule has 24 heavy (non-hydrogen) atoms. The average Bonchev–Trinajstić information content (AvgIpc) is 2.57. The molecule has 0 bridgehead atoms. The highest BCUT2D eigenvalue weighted by Crippen LogP contribution is 2.24. The van der Waals surface area contributed by atoms with E-state index in [2.05, 4.69) is 5.32 Å². The van der Waals surface area contributed by atoms with E-state index < -0.39 is 17.5 Å². The molecular weight excluding hydrogens is 318 g/mol. The first kappa shape index (κ1) is 18.3. The molecule has 1 aromatic carbocycles. The number of carbonyl (C=O) groups excluding carboxylic acids is 2. The normalized spacial score (nSPS) is 20.5. The van der Waals surface area contributed by atoms with Crippen LogP contribution in [0, 0.1) is 11.6 Å². The third-order valence-corrected chi connectivity index (χ3v) is 4.44. The van der Waals surface area contributed by atoms with E-state index in [-0.39, 0.29) is 30.2 Å². The number of ether oxygens (including phenoxy) is 1. The second-order valence-corrected chi connectivity index (χ2v) is 6.01. The number of hydrogen-bond acceptors (Lipinski definition) is 3. The van der Waals surface area contributed by atoms with Crippen LogP contribution in [0.3, 0.4) is 0 Å². The first-order valence-corrected chi connectivity index (χ1v) is 7.93. The van der Waals surface area contributed by atoms with Gasteiger partial charge >= 0.3 is 0 Å². The van der Waals surface area contributed by atoms with Crippen molar-refractivity contribution in [3.05, 3.63) is 35.4 Å². The van der Waals surface area contributed by atoms with Gasteiger partial charge in [0.2, 0.25) is 5.91 Å². The molecule has 2 amide bonds. The SMILES string of the molecule is COC1CCC(N(C)C(=O)CNC(=O)c2cc(F)cc(F)c2)CC1. The number of methoxy groups -OCH3 is 1. The molecule has 1 fully saturated rings. The summed E-state index contributed by atoms with van der Waals surface area (Å²) in [5.74, 6) is -2.59. The molecule has 0 aliphatic heterocycles. The van der Waals surface area contributed by atoms with E-state index in [1.807, 2.05) is 0 Å². The average molecular weight is 340 g/mol. The van der Waals surface area contributed by atoms with Crippen molar-refractivity contribution in [2.24, 2.45) is 0 Å². The molecule has 1 aliphatic carbocycles. The van der Waals surface area contributed by atoms with Gasteiger partial charge in [0.25, 0.3) is 5.91 Å². The van der Waals surface area contributed by atoms with Crippen LogP contribution in [0.1, 0.15) is 36.0 Å². The highest BCUT2D eigenvalue weighted by molar-refractivity contribution is 5.96. The van der Waals surface area contributed by atoms with Crippen LogP contribution in [-0.4, -0.2) is 49.6 Å². The van der Waals surface area contributed by atoms with Crippen LogP contribution >= 0.6 is 0 Å². The second-order valence-electron chi connectivity index (χ2n) is 6.01. The van der Waals surface area contributed by atoms with Crippen LogP contribution in [0.25, 0.3) is 0 Å². The second kappa shape index (κ2) is 8.19. The Bertz CT molecular complexity index is 581. The topological polar surface area (TPSA) is 58.6 Å². The molecule has 132 valence electrons. The fourth-order valence-corrected chi connectivity index (χ4v) is 2.94. The first-order chi connectivity index (χ1) is 11.4. The Kier molecular flexibility index (Phi) is 6.25. The summed E-state index contributed by atoms with van der Waals surface area (Å²) in [6.45, 7) is -0.211. The zero-order valence-corrected chi connectivity index (χ0v) is 13.9. The number of nitrogens with zero attached hydrogens (tertiary/aromatic N) is 1. The van der Waals surface area contributed by atoms with Crippen molar-refractivity contribution in [2.75, 3.05) is 20.7 Å². The monoisotopic (exact) mass is 340 g/mol. The van der Waals surface area contributed by atoms with Gasteiger partial charge in [-0.3, -0.25) is 9.59 Å². The predicted octanol–water partition coefficient (Wildman–Crippen LogP) is 2.11. The minimum absolute atomic E-state index is 0.118. The maximum Gasteiger partial charge on any atom is 0.251 e. The summed E-state index contributed by atoms with van der Waals surface area (Å²) in [5.41, 5.74) is -0.149. The molecule has 0 unspecified atom stereocenters. The van der Waals surface area contributed by atoms with Crippen LogP contribution in [0.2, 0.25) is 0 Å². The Morgan fingerprint density at radius 1 is 1.17 bits per heavy atom. The lowest BCUT2D eigenvalue weighted by Gasteiger charge is -2.34. The van der Waals surface area contributed by atoms with Gasteiger partial charge in [0, 0.05) is 31.8 Å². The van der Waals surface area contributed by atoms with Crippen molar-refractivity contribution in [1.29, 1.82) is 0 Å². The molecule has 0 heterocycles. The van der Waals surface area contributed by atoms with Crippen molar-refractivity contribution in [3.63, 3.8) is 0 Å². The Morgan fingerprint density at radius 3 is 2.29 bits per heavy atom. The third kappa shape index (κ3) is 4.74. The maximum absolute atomic E-state index is 13.1. The Hall–Kier alpha value is -2.02. The molecule has 5 nitrogen and oxygen atoms in total. The van der Waals surface area contributed by atoms with E-state index in [9.17, 15) is 18.4 Å². The van der Waals surface area contributed by atoms with E-state index in [1.54, 1.807) is 19.1 Å². The summed E-state index contributed by atoms with van der Waals surface area (Å²) in [5, 5.41) is 2.40. The molecule has 2 rings (SSSR count). The highest BCUT2D eigenvalue weighted by atomic mass is 19.1. The van der Waals surface area contributed by atoms with Crippen molar-refractivity contribution in [2.45, 2.75) is 37.8 Å². The fraction of sp³-hybridized carbons (Fsp3) is 0.529. The maximum atomic E-state index is 13.1. The van der Waals surface area contributed by atoms with Gasteiger partial charge in [-0.25, -0.2) is 8.78 Å².